The lowest BCUT2D eigenvalue weighted by Crippen LogP contribution is -2.37. The second-order valence-corrected chi connectivity index (χ2v) is 6.08. The molecule has 0 aliphatic heterocycles. The zero-order chi connectivity index (χ0) is 19.3. The van der Waals surface area contributed by atoms with Gasteiger partial charge in [0, 0.05) is 12.7 Å². The zero-order valence-corrected chi connectivity index (χ0v) is 15.3. The van der Waals surface area contributed by atoms with E-state index in [0.717, 1.165) is 11.1 Å². The van der Waals surface area contributed by atoms with E-state index in [0.29, 0.717) is 11.4 Å². The van der Waals surface area contributed by atoms with Gasteiger partial charge < -0.3 is 19.4 Å². The summed E-state index contributed by atoms with van der Waals surface area (Å²) in [6.07, 6.45) is 1.37. The third kappa shape index (κ3) is 4.95. The van der Waals surface area contributed by atoms with Gasteiger partial charge in [0.2, 0.25) is 5.91 Å². The molecule has 0 unspecified atom stereocenters. The number of nitrogens with zero attached hydrogens (tertiary/aromatic N) is 1. The molecule has 0 aliphatic carbocycles. The number of nitrogens with one attached hydrogen (secondary N) is 1. The van der Waals surface area contributed by atoms with E-state index in [2.05, 4.69) is 5.32 Å². The molecule has 2 rings (SSSR count). The molecule has 0 aliphatic rings. The van der Waals surface area contributed by atoms with Crippen LogP contribution in [0.3, 0.4) is 0 Å². The van der Waals surface area contributed by atoms with Crippen LogP contribution in [0, 0.1) is 20.8 Å². The third-order valence-electron chi connectivity index (χ3n) is 3.88. The summed E-state index contributed by atoms with van der Waals surface area (Å²) >= 11 is 0. The fourth-order valence-electron chi connectivity index (χ4n) is 2.28. The monoisotopic (exact) mass is 358 g/mol. The third-order valence-corrected chi connectivity index (χ3v) is 3.88. The Morgan fingerprint density at radius 3 is 2.54 bits per heavy atom. The summed E-state index contributed by atoms with van der Waals surface area (Å²) < 4.78 is 9.98. The quantitative estimate of drug-likeness (QED) is 0.801. The number of likely N-dealkylation sites (N-methyl/N-ethyl adjacent to an activating group) is 1. The molecule has 0 bridgehead atoms. The Kier molecular flexibility index (Phi) is 6.16. The maximum absolute atomic E-state index is 12.1. The molecule has 2 amide bonds. The molecule has 26 heavy (non-hydrogen) atoms. The van der Waals surface area contributed by atoms with Gasteiger partial charge in [0.05, 0.1) is 12.8 Å². The number of carbonyl (C=O) groups excluding carboxylic acids is 3. The van der Waals surface area contributed by atoms with Gasteiger partial charge in [0.25, 0.3) is 5.91 Å². The second kappa shape index (κ2) is 8.33. The maximum Gasteiger partial charge on any atom is 0.342 e. The van der Waals surface area contributed by atoms with E-state index in [1.54, 1.807) is 6.92 Å². The molecule has 0 saturated carbocycles. The predicted octanol–water partition coefficient (Wildman–Crippen LogP) is 2.46. The van der Waals surface area contributed by atoms with Crippen molar-refractivity contribution in [3.05, 3.63) is 53.0 Å². The van der Waals surface area contributed by atoms with Crippen LogP contribution in [0.2, 0.25) is 0 Å². The van der Waals surface area contributed by atoms with Crippen LogP contribution >= 0.6 is 0 Å². The second-order valence-electron chi connectivity index (χ2n) is 6.08. The molecule has 7 heteroatoms. The first-order chi connectivity index (χ1) is 12.3. The number of hydrogen-bond acceptors (Lipinski definition) is 5. The fourth-order valence-corrected chi connectivity index (χ4v) is 2.28. The van der Waals surface area contributed by atoms with Crippen molar-refractivity contribution in [1.82, 2.24) is 4.90 Å². The Hall–Kier alpha value is -3.09. The minimum atomic E-state index is -0.641. The number of amides is 2. The highest BCUT2D eigenvalue weighted by Gasteiger charge is 2.18. The molecule has 1 heterocycles. The Labute approximate surface area is 151 Å². The Balaban J connectivity index is 1.84. The number of carbonyl (C=O) groups is 3. The first kappa shape index (κ1) is 19.2. The van der Waals surface area contributed by atoms with Crippen LogP contribution in [-0.2, 0) is 14.3 Å². The Morgan fingerprint density at radius 2 is 1.88 bits per heavy atom. The highest BCUT2D eigenvalue weighted by Crippen LogP contribution is 2.16. The molecule has 1 aromatic heterocycles. The SMILES string of the molecule is Cc1ccc(C)c(NC(=O)CN(C)C(=O)COC(=O)c2ccoc2C)c1. The highest BCUT2D eigenvalue weighted by molar-refractivity contribution is 5.96. The number of aryl methyl sites for hydroxylation is 3. The summed E-state index contributed by atoms with van der Waals surface area (Å²) in [6.45, 7) is 4.86. The molecule has 0 spiro atoms. The topological polar surface area (TPSA) is 88.9 Å². The van der Waals surface area contributed by atoms with Crippen LogP contribution in [0.25, 0.3) is 0 Å². The molecule has 1 aromatic carbocycles. The molecule has 0 radical (unpaired) electrons. The summed E-state index contributed by atoms with van der Waals surface area (Å²) in [5, 5.41) is 2.78. The molecule has 7 nitrogen and oxygen atoms in total. The molecule has 0 atom stereocenters. The van der Waals surface area contributed by atoms with Gasteiger partial charge in [-0.25, -0.2) is 4.79 Å². The molecular formula is C19H22N2O5. The normalized spacial score (nSPS) is 10.3. The van der Waals surface area contributed by atoms with Crippen LogP contribution in [0.15, 0.2) is 34.9 Å². The standard InChI is InChI=1S/C19H22N2O5/c1-12-5-6-13(2)16(9-12)20-17(22)10-21(4)18(23)11-26-19(24)15-7-8-25-14(15)3/h5-9H,10-11H2,1-4H3,(H,20,22). The van der Waals surface area contributed by atoms with Gasteiger partial charge in [-0.2, -0.15) is 0 Å². The lowest BCUT2D eigenvalue weighted by atomic mass is 10.1. The predicted molar refractivity (Wildman–Crippen MR) is 95.9 cm³/mol. The summed E-state index contributed by atoms with van der Waals surface area (Å²) in [5.41, 5.74) is 2.94. The molecular weight excluding hydrogens is 336 g/mol. The van der Waals surface area contributed by atoms with E-state index < -0.39 is 18.5 Å². The molecule has 0 saturated heterocycles. The maximum atomic E-state index is 12.1. The first-order valence-electron chi connectivity index (χ1n) is 8.10. The van der Waals surface area contributed by atoms with Crippen molar-refractivity contribution in [2.24, 2.45) is 0 Å². The number of esters is 1. The lowest BCUT2D eigenvalue weighted by Gasteiger charge is -2.17. The smallest absolute Gasteiger partial charge is 0.342 e. The molecule has 0 fully saturated rings. The Bertz CT molecular complexity index is 825. The van der Waals surface area contributed by atoms with Gasteiger partial charge in [0.1, 0.15) is 11.3 Å². The number of furan rings is 1. The van der Waals surface area contributed by atoms with Crippen molar-refractivity contribution in [3.63, 3.8) is 0 Å². The van der Waals surface area contributed by atoms with Gasteiger partial charge in [-0.15, -0.1) is 0 Å². The van der Waals surface area contributed by atoms with Gasteiger partial charge >= 0.3 is 5.97 Å². The molecule has 2 aromatic rings. The van der Waals surface area contributed by atoms with Crippen LogP contribution < -0.4 is 5.32 Å². The largest absolute Gasteiger partial charge is 0.469 e. The van der Waals surface area contributed by atoms with Crippen molar-refractivity contribution in [1.29, 1.82) is 0 Å². The summed E-state index contributed by atoms with van der Waals surface area (Å²) in [4.78, 5) is 37.2. The van der Waals surface area contributed by atoms with E-state index in [1.807, 2.05) is 32.0 Å². The fraction of sp³-hybridized carbons (Fsp3) is 0.316. The van der Waals surface area contributed by atoms with E-state index >= 15 is 0 Å². The van der Waals surface area contributed by atoms with Crippen LogP contribution in [0.5, 0.6) is 0 Å². The summed E-state index contributed by atoms with van der Waals surface area (Å²) in [6, 6.07) is 7.21. The number of benzene rings is 1. The van der Waals surface area contributed by atoms with Gasteiger partial charge in [-0.3, -0.25) is 9.59 Å². The van der Waals surface area contributed by atoms with Crippen molar-refractivity contribution in [2.45, 2.75) is 20.8 Å². The lowest BCUT2D eigenvalue weighted by molar-refractivity contribution is -0.136. The van der Waals surface area contributed by atoms with Gasteiger partial charge in [0.15, 0.2) is 6.61 Å². The molecule has 1 N–H and O–H groups in total. The number of rotatable bonds is 6. The van der Waals surface area contributed by atoms with Gasteiger partial charge in [-0.1, -0.05) is 12.1 Å². The number of hydrogen-bond donors (Lipinski definition) is 1. The first-order valence-corrected chi connectivity index (χ1v) is 8.10. The average Bonchev–Trinajstić information content (AvgIpc) is 3.01. The summed E-state index contributed by atoms with van der Waals surface area (Å²) in [7, 11) is 1.47. The highest BCUT2D eigenvalue weighted by atomic mass is 16.5. The van der Waals surface area contributed by atoms with E-state index in [1.165, 1.54) is 24.3 Å². The van der Waals surface area contributed by atoms with E-state index in [-0.39, 0.29) is 18.0 Å². The van der Waals surface area contributed by atoms with E-state index in [9.17, 15) is 14.4 Å². The van der Waals surface area contributed by atoms with Crippen LogP contribution in [-0.4, -0.2) is 42.9 Å². The van der Waals surface area contributed by atoms with Crippen molar-refractivity contribution < 1.29 is 23.5 Å². The average molecular weight is 358 g/mol. The summed E-state index contributed by atoms with van der Waals surface area (Å²) in [5.74, 6) is -1.02. The van der Waals surface area contributed by atoms with Crippen molar-refractivity contribution in [2.75, 3.05) is 25.5 Å². The zero-order valence-electron chi connectivity index (χ0n) is 15.3. The van der Waals surface area contributed by atoms with Crippen LogP contribution in [0.1, 0.15) is 27.2 Å². The minimum Gasteiger partial charge on any atom is -0.469 e. The van der Waals surface area contributed by atoms with Crippen molar-refractivity contribution >= 4 is 23.5 Å². The van der Waals surface area contributed by atoms with Crippen molar-refractivity contribution in [3.8, 4) is 0 Å². The Morgan fingerprint density at radius 1 is 1.15 bits per heavy atom. The number of anilines is 1. The van der Waals surface area contributed by atoms with Gasteiger partial charge in [-0.05, 0) is 44.0 Å². The van der Waals surface area contributed by atoms with E-state index in [4.69, 9.17) is 9.15 Å². The minimum absolute atomic E-state index is 0.144. The molecule has 138 valence electrons. The van der Waals surface area contributed by atoms with Crippen LogP contribution in [0.4, 0.5) is 5.69 Å². The number of ether oxygens (including phenoxy) is 1.